The van der Waals surface area contributed by atoms with Gasteiger partial charge in [-0.25, -0.2) is 18.1 Å². The van der Waals surface area contributed by atoms with Gasteiger partial charge >= 0.3 is 0 Å². The number of aromatic nitrogens is 2. The second-order valence-electron chi connectivity index (χ2n) is 4.77. The van der Waals surface area contributed by atoms with Gasteiger partial charge in [0.25, 0.3) is 0 Å². The maximum absolute atomic E-state index is 12.2. The topological polar surface area (TPSA) is 84.1 Å². The van der Waals surface area contributed by atoms with Crippen molar-refractivity contribution in [3.05, 3.63) is 41.5 Å². The van der Waals surface area contributed by atoms with Crippen LogP contribution in [-0.4, -0.2) is 32.0 Å². The largest absolute Gasteiger partial charge is 0.496 e. The lowest BCUT2D eigenvalue weighted by Gasteiger charge is -2.09. The third-order valence-corrected chi connectivity index (χ3v) is 4.58. The summed E-state index contributed by atoms with van der Waals surface area (Å²) in [6.45, 7) is 3.98. The van der Waals surface area contributed by atoms with Crippen molar-refractivity contribution >= 4 is 10.0 Å². The smallest absolute Gasteiger partial charge is 0.240 e. The van der Waals surface area contributed by atoms with E-state index >= 15 is 0 Å². The number of rotatable bonds is 6. The molecule has 0 saturated heterocycles. The molecule has 1 heterocycles. The Morgan fingerprint density at radius 3 is 2.67 bits per heavy atom. The number of H-pyrrole nitrogens is 1. The Labute approximate surface area is 124 Å². The van der Waals surface area contributed by atoms with Gasteiger partial charge in [0, 0.05) is 24.9 Å². The summed E-state index contributed by atoms with van der Waals surface area (Å²) in [6.07, 6.45) is 2.27. The van der Waals surface area contributed by atoms with Gasteiger partial charge in [-0.3, -0.25) is 0 Å². The summed E-state index contributed by atoms with van der Waals surface area (Å²) in [6, 6.07) is 4.79. The van der Waals surface area contributed by atoms with E-state index in [-0.39, 0.29) is 4.90 Å². The van der Waals surface area contributed by atoms with E-state index in [1.165, 1.54) is 6.07 Å². The Balaban J connectivity index is 2.02. The molecule has 2 N–H and O–H groups in total. The lowest BCUT2D eigenvalue weighted by atomic mass is 10.2. The van der Waals surface area contributed by atoms with Gasteiger partial charge in [-0.15, -0.1) is 0 Å². The van der Waals surface area contributed by atoms with Crippen molar-refractivity contribution in [1.82, 2.24) is 14.7 Å². The molecule has 0 saturated carbocycles. The highest BCUT2D eigenvalue weighted by Crippen LogP contribution is 2.21. The molecular formula is C14H19N3O3S. The average Bonchev–Trinajstić information content (AvgIpc) is 2.84. The number of methoxy groups -OCH3 is 1. The Morgan fingerprint density at radius 2 is 2.10 bits per heavy atom. The number of ether oxygens (including phenoxy) is 1. The first kappa shape index (κ1) is 15.5. The fourth-order valence-electron chi connectivity index (χ4n) is 2.02. The van der Waals surface area contributed by atoms with Crippen LogP contribution in [0.25, 0.3) is 0 Å². The van der Waals surface area contributed by atoms with E-state index in [0.29, 0.717) is 18.7 Å². The monoisotopic (exact) mass is 309 g/mol. The van der Waals surface area contributed by atoms with Crippen molar-refractivity contribution in [2.24, 2.45) is 0 Å². The summed E-state index contributed by atoms with van der Waals surface area (Å²) < 4.78 is 32.1. The number of hydrogen-bond acceptors (Lipinski definition) is 4. The third-order valence-electron chi connectivity index (χ3n) is 3.12. The van der Waals surface area contributed by atoms with Crippen molar-refractivity contribution in [3.63, 3.8) is 0 Å². The Kier molecular flexibility index (Phi) is 4.64. The van der Waals surface area contributed by atoms with Gasteiger partial charge in [-0.1, -0.05) is 0 Å². The fraction of sp³-hybridized carbons (Fsp3) is 0.357. The van der Waals surface area contributed by atoms with Gasteiger partial charge in [-0.2, -0.15) is 0 Å². The second-order valence-corrected chi connectivity index (χ2v) is 6.54. The van der Waals surface area contributed by atoms with Crippen LogP contribution < -0.4 is 9.46 Å². The molecule has 6 nitrogen and oxygen atoms in total. The van der Waals surface area contributed by atoms with Gasteiger partial charge in [0.1, 0.15) is 11.6 Å². The normalized spacial score (nSPS) is 11.6. The van der Waals surface area contributed by atoms with E-state index in [4.69, 9.17) is 4.74 Å². The summed E-state index contributed by atoms with van der Waals surface area (Å²) >= 11 is 0. The fourth-order valence-corrected chi connectivity index (χ4v) is 3.14. The molecule has 0 aliphatic rings. The number of sulfonamides is 1. The Morgan fingerprint density at radius 1 is 1.33 bits per heavy atom. The van der Waals surface area contributed by atoms with Crippen LogP contribution in [-0.2, 0) is 16.4 Å². The van der Waals surface area contributed by atoms with Crippen molar-refractivity contribution in [2.75, 3.05) is 13.7 Å². The van der Waals surface area contributed by atoms with Gasteiger partial charge in [0.15, 0.2) is 0 Å². The Bertz CT molecular complexity index is 723. The lowest BCUT2D eigenvalue weighted by Crippen LogP contribution is -2.26. The van der Waals surface area contributed by atoms with Crippen LogP contribution in [0.4, 0.5) is 0 Å². The summed E-state index contributed by atoms with van der Waals surface area (Å²) in [7, 11) is -1.95. The highest BCUT2D eigenvalue weighted by molar-refractivity contribution is 7.89. The second kappa shape index (κ2) is 6.28. The van der Waals surface area contributed by atoms with Crippen molar-refractivity contribution in [2.45, 2.75) is 25.2 Å². The van der Waals surface area contributed by atoms with E-state index < -0.39 is 10.0 Å². The van der Waals surface area contributed by atoms with Gasteiger partial charge < -0.3 is 9.72 Å². The number of nitrogens with one attached hydrogen (secondary N) is 2. The minimum atomic E-state index is -3.51. The average molecular weight is 309 g/mol. The SMILES string of the molecule is COc1ccc(S(=O)(=O)NCCc2cnc(C)[nH]2)cc1C. The minimum Gasteiger partial charge on any atom is -0.496 e. The first-order valence-corrected chi connectivity index (χ1v) is 8.05. The van der Waals surface area contributed by atoms with Gasteiger partial charge in [0.05, 0.1) is 12.0 Å². The van der Waals surface area contributed by atoms with Crippen LogP contribution in [0, 0.1) is 13.8 Å². The summed E-state index contributed by atoms with van der Waals surface area (Å²) in [4.78, 5) is 7.38. The zero-order chi connectivity index (χ0) is 15.5. The number of benzene rings is 1. The molecule has 7 heteroatoms. The van der Waals surface area contributed by atoms with E-state index in [9.17, 15) is 8.42 Å². The summed E-state index contributed by atoms with van der Waals surface area (Å²) in [5.41, 5.74) is 1.69. The molecule has 114 valence electrons. The molecule has 21 heavy (non-hydrogen) atoms. The van der Waals surface area contributed by atoms with Crippen LogP contribution >= 0.6 is 0 Å². The first-order chi connectivity index (χ1) is 9.92. The number of hydrogen-bond donors (Lipinski definition) is 2. The van der Waals surface area contributed by atoms with Crippen LogP contribution in [0.5, 0.6) is 5.75 Å². The molecule has 2 rings (SSSR count). The molecule has 0 radical (unpaired) electrons. The predicted octanol–water partition coefficient (Wildman–Crippen LogP) is 1.56. The van der Waals surface area contributed by atoms with Crippen LogP contribution in [0.1, 0.15) is 17.1 Å². The molecule has 0 unspecified atom stereocenters. The zero-order valence-corrected chi connectivity index (χ0v) is 13.1. The number of nitrogens with zero attached hydrogens (tertiary/aromatic N) is 1. The number of imidazole rings is 1. The lowest BCUT2D eigenvalue weighted by molar-refractivity contribution is 0.411. The maximum Gasteiger partial charge on any atom is 0.240 e. The molecule has 0 aliphatic carbocycles. The number of aryl methyl sites for hydroxylation is 2. The number of aromatic amines is 1. The van der Waals surface area contributed by atoms with E-state index in [1.54, 1.807) is 25.4 Å². The molecule has 0 atom stereocenters. The standard InChI is InChI=1S/C14H19N3O3S/c1-10-8-13(4-5-14(10)20-3)21(18,19)16-7-6-12-9-15-11(2)17-12/h4-5,8-9,16H,6-7H2,1-3H3,(H,15,17). The predicted molar refractivity (Wildman–Crippen MR) is 79.9 cm³/mol. The molecular weight excluding hydrogens is 290 g/mol. The van der Waals surface area contributed by atoms with Gasteiger partial charge in [0.2, 0.25) is 10.0 Å². The first-order valence-electron chi connectivity index (χ1n) is 6.57. The van der Waals surface area contributed by atoms with Gasteiger partial charge in [-0.05, 0) is 37.6 Å². The quantitative estimate of drug-likeness (QED) is 0.848. The summed E-state index contributed by atoms with van der Waals surface area (Å²) in [5.74, 6) is 1.49. The van der Waals surface area contributed by atoms with Crippen molar-refractivity contribution in [3.8, 4) is 5.75 Å². The molecule has 0 amide bonds. The van der Waals surface area contributed by atoms with E-state index in [2.05, 4.69) is 14.7 Å². The van der Waals surface area contributed by atoms with Crippen molar-refractivity contribution < 1.29 is 13.2 Å². The van der Waals surface area contributed by atoms with E-state index in [1.807, 2.05) is 13.8 Å². The van der Waals surface area contributed by atoms with Crippen LogP contribution in [0.15, 0.2) is 29.3 Å². The summed E-state index contributed by atoms with van der Waals surface area (Å²) in [5, 5.41) is 0. The molecule has 0 bridgehead atoms. The molecule has 2 aromatic rings. The minimum absolute atomic E-state index is 0.238. The molecule has 1 aromatic heterocycles. The van der Waals surface area contributed by atoms with Crippen LogP contribution in [0.2, 0.25) is 0 Å². The molecule has 0 fully saturated rings. The zero-order valence-electron chi connectivity index (χ0n) is 12.3. The highest BCUT2D eigenvalue weighted by atomic mass is 32.2. The van der Waals surface area contributed by atoms with Crippen LogP contribution in [0.3, 0.4) is 0 Å². The molecule has 0 spiro atoms. The maximum atomic E-state index is 12.2. The third kappa shape index (κ3) is 3.83. The molecule has 0 aliphatic heterocycles. The van der Waals surface area contributed by atoms with Crippen molar-refractivity contribution in [1.29, 1.82) is 0 Å². The Hall–Kier alpha value is -1.86. The highest BCUT2D eigenvalue weighted by Gasteiger charge is 2.15. The molecule has 1 aromatic carbocycles. The van der Waals surface area contributed by atoms with E-state index in [0.717, 1.165) is 17.1 Å².